The monoisotopic (exact) mass is 397 g/mol. The molecular formula is C17H12ClF4N5. The Morgan fingerprint density at radius 2 is 1.85 bits per heavy atom. The van der Waals surface area contributed by atoms with Crippen LogP contribution in [0.2, 0.25) is 5.02 Å². The Kier molecular flexibility index (Phi) is 5.41. The largest absolute Gasteiger partial charge is 0.416 e. The highest BCUT2D eigenvalue weighted by Gasteiger charge is 2.31. The van der Waals surface area contributed by atoms with E-state index in [1.807, 2.05) is 0 Å². The second-order valence-electron chi connectivity index (χ2n) is 5.43. The maximum atomic E-state index is 13.6. The van der Waals surface area contributed by atoms with Gasteiger partial charge in [-0.2, -0.15) is 23.3 Å². The smallest absolute Gasteiger partial charge is 0.349 e. The van der Waals surface area contributed by atoms with Gasteiger partial charge in [-0.05, 0) is 24.3 Å². The zero-order valence-corrected chi connectivity index (χ0v) is 14.3. The van der Waals surface area contributed by atoms with Gasteiger partial charge in [0.25, 0.3) is 0 Å². The molecule has 0 aliphatic carbocycles. The molecule has 0 fully saturated rings. The SMILES string of the molecule is Fc1ccccc1CNc1nncc(Nc2cc(C(F)(F)F)ccc2Cl)n1. The Balaban J connectivity index is 1.75. The van der Waals surface area contributed by atoms with Crippen LogP contribution < -0.4 is 10.6 Å². The summed E-state index contributed by atoms with van der Waals surface area (Å²) in [4.78, 5) is 4.09. The lowest BCUT2D eigenvalue weighted by Crippen LogP contribution is -2.08. The van der Waals surface area contributed by atoms with E-state index < -0.39 is 11.7 Å². The van der Waals surface area contributed by atoms with E-state index in [0.717, 1.165) is 18.2 Å². The molecule has 3 rings (SSSR count). The van der Waals surface area contributed by atoms with Gasteiger partial charge in [-0.3, -0.25) is 0 Å². The van der Waals surface area contributed by atoms with E-state index in [1.54, 1.807) is 18.2 Å². The number of nitrogens with one attached hydrogen (secondary N) is 2. The van der Waals surface area contributed by atoms with Crippen LogP contribution in [-0.4, -0.2) is 15.2 Å². The summed E-state index contributed by atoms with van der Waals surface area (Å²) in [5, 5.41) is 13.0. The molecular weight excluding hydrogens is 386 g/mol. The first kappa shape index (κ1) is 18.8. The average Bonchev–Trinajstić information content (AvgIpc) is 2.62. The minimum absolute atomic E-state index is 0.0204. The third-order valence-electron chi connectivity index (χ3n) is 3.51. The summed E-state index contributed by atoms with van der Waals surface area (Å²) in [6.45, 7) is 0.113. The second-order valence-corrected chi connectivity index (χ2v) is 5.83. The lowest BCUT2D eigenvalue weighted by atomic mass is 10.2. The number of aromatic nitrogens is 3. The normalized spacial score (nSPS) is 11.3. The molecule has 3 aromatic rings. The molecule has 2 aromatic carbocycles. The summed E-state index contributed by atoms with van der Waals surface area (Å²) in [6.07, 6.45) is -3.28. The quantitative estimate of drug-likeness (QED) is 0.591. The number of alkyl halides is 3. The Labute approximate surface area is 156 Å². The van der Waals surface area contributed by atoms with Crippen molar-refractivity contribution in [3.05, 3.63) is 70.6 Å². The number of hydrogen-bond acceptors (Lipinski definition) is 5. The van der Waals surface area contributed by atoms with Crippen LogP contribution >= 0.6 is 11.6 Å². The highest BCUT2D eigenvalue weighted by Crippen LogP contribution is 2.34. The van der Waals surface area contributed by atoms with E-state index in [-0.39, 0.29) is 34.8 Å². The van der Waals surface area contributed by atoms with Gasteiger partial charge in [0.1, 0.15) is 5.82 Å². The predicted molar refractivity (Wildman–Crippen MR) is 93.3 cm³/mol. The fraction of sp³-hybridized carbons (Fsp3) is 0.118. The Morgan fingerprint density at radius 1 is 1.07 bits per heavy atom. The fourth-order valence-electron chi connectivity index (χ4n) is 2.19. The van der Waals surface area contributed by atoms with Crippen molar-refractivity contribution in [2.75, 3.05) is 10.6 Å². The van der Waals surface area contributed by atoms with Crippen LogP contribution in [0.1, 0.15) is 11.1 Å². The van der Waals surface area contributed by atoms with Crippen molar-refractivity contribution in [1.29, 1.82) is 0 Å². The first-order valence-corrected chi connectivity index (χ1v) is 8.01. The molecule has 1 heterocycles. The lowest BCUT2D eigenvalue weighted by molar-refractivity contribution is -0.137. The number of halogens is 5. The summed E-state index contributed by atoms with van der Waals surface area (Å²) in [5.41, 5.74) is -0.429. The van der Waals surface area contributed by atoms with Gasteiger partial charge in [-0.15, -0.1) is 5.10 Å². The number of hydrogen-bond donors (Lipinski definition) is 2. The van der Waals surface area contributed by atoms with E-state index in [1.165, 1.54) is 12.3 Å². The maximum Gasteiger partial charge on any atom is 0.416 e. The third-order valence-corrected chi connectivity index (χ3v) is 3.84. The molecule has 2 N–H and O–H groups in total. The van der Waals surface area contributed by atoms with Gasteiger partial charge in [0.05, 0.1) is 22.5 Å². The minimum atomic E-state index is -4.50. The first-order chi connectivity index (χ1) is 12.8. The van der Waals surface area contributed by atoms with Gasteiger partial charge in [-0.1, -0.05) is 29.8 Å². The zero-order valence-electron chi connectivity index (χ0n) is 13.6. The molecule has 0 saturated carbocycles. The molecule has 1 aromatic heterocycles. The molecule has 0 radical (unpaired) electrons. The summed E-state index contributed by atoms with van der Waals surface area (Å²) < 4.78 is 52.2. The number of anilines is 3. The van der Waals surface area contributed by atoms with Crippen LogP contribution in [-0.2, 0) is 12.7 Å². The van der Waals surface area contributed by atoms with Crippen molar-refractivity contribution >= 4 is 29.1 Å². The molecule has 10 heteroatoms. The van der Waals surface area contributed by atoms with Gasteiger partial charge in [0.2, 0.25) is 5.95 Å². The highest BCUT2D eigenvalue weighted by molar-refractivity contribution is 6.33. The molecule has 0 amide bonds. The zero-order chi connectivity index (χ0) is 19.4. The van der Waals surface area contributed by atoms with Gasteiger partial charge >= 0.3 is 6.18 Å². The predicted octanol–water partition coefficient (Wildman–Crippen LogP) is 5.04. The molecule has 0 unspecified atom stereocenters. The number of benzene rings is 2. The Hall–Kier alpha value is -2.94. The van der Waals surface area contributed by atoms with Crippen LogP contribution in [0.5, 0.6) is 0 Å². The molecule has 0 bridgehead atoms. The second kappa shape index (κ2) is 7.75. The lowest BCUT2D eigenvalue weighted by Gasteiger charge is -2.12. The Bertz CT molecular complexity index is 949. The van der Waals surface area contributed by atoms with Crippen molar-refractivity contribution in [1.82, 2.24) is 15.2 Å². The molecule has 27 heavy (non-hydrogen) atoms. The first-order valence-electron chi connectivity index (χ1n) is 7.64. The van der Waals surface area contributed by atoms with Crippen molar-refractivity contribution in [2.45, 2.75) is 12.7 Å². The van der Waals surface area contributed by atoms with Crippen molar-refractivity contribution in [3.8, 4) is 0 Å². The van der Waals surface area contributed by atoms with E-state index in [4.69, 9.17) is 11.6 Å². The topological polar surface area (TPSA) is 62.7 Å². The van der Waals surface area contributed by atoms with Crippen molar-refractivity contribution in [3.63, 3.8) is 0 Å². The summed E-state index contributed by atoms with van der Waals surface area (Å²) in [5.74, 6) is -0.184. The van der Waals surface area contributed by atoms with E-state index in [0.29, 0.717) is 5.56 Å². The fourth-order valence-corrected chi connectivity index (χ4v) is 2.35. The van der Waals surface area contributed by atoms with Gasteiger partial charge < -0.3 is 10.6 Å². The average molecular weight is 398 g/mol. The van der Waals surface area contributed by atoms with Crippen molar-refractivity contribution in [2.24, 2.45) is 0 Å². The summed E-state index contributed by atoms with van der Waals surface area (Å²) in [7, 11) is 0. The third kappa shape index (κ3) is 4.82. The Morgan fingerprint density at radius 3 is 2.59 bits per heavy atom. The van der Waals surface area contributed by atoms with Crippen LogP contribution in [0.3, 0.4) is 0 Å². The summed E-state index contributed by atoms with van der Waals surface area (Å²) >= 11 is 5.94. The molecule has 0 aliphatic heterocycles. The van der Waals surface area contributed by atoms with Crippen LogP contribution in [0.15, 0.2) is 48.7 Å². The minimum Gasteiger partial charge on any atom is -0.349 e. The van der Waals surface area contributed by atoms with Crippen LogP contribution in [0, 0.1) is 5.82 Å². The molecule has 0 spiro atoms. The standard InChI is InChI=1S/C17H12ClF4N5/c18-12-6-5-11(17(20,21)22)7-14(12)25-15-9-24-27-16(26-15)23-8-10-3-1-2-4-13(10)19/h1-7,9H,8H2,(H2,23,25,26,27). The molecule has 0 atom stereocenters. The maximum absolute atomic E-state index is 13.6. The number of nitrogens with zero attached hydrogens (tertiary/aromatic N) is 3. The van der Waals surface area contributed by atoms with Gasteiger partial charge in [-0.25, -0.2) is 4.39 Å². The van der Waals surface area contributed by atoms with Crippen LogP contribution in [0.25, 0.3) is 0 Å². The van der Waals surface area contributed by atoms with Gasteiger partial charge in [0, 0.05) is 12.1 Å². The van der Waals surface area contributed by atoms with E-state index in [2.05, 4.69) is 25.8 Å². The van der Waals surface area contributed by atoms with E-state index >= 15 is 0 Å². The molecule has 0 saturated heterocycles. The van der Waals surface area contributed by atoms with Gasteiger partial charge in [0.15, 0.2) is 5.82 Å². The molecule has 140 valence electrons. The molecule has 0 aliphatic rings. The summed E-state index contributed by atoms with van der Waals surface area (Å²) in [6, 6.07) is 9.07. The van der Waals surface area contributed by atoms with Crippen molar-refractivity contribution < 1.29 is 17.6 Å². The number of rotatable bonds is 5. The highest BCUT2D eigenvalue weighted by atomic mass is 35.5. The molecule has 5 nitrogen and oxygen atoms in total. The van der Waals surface area contributed by atoms with Crippen LogP contribution in [0.4, 0.5) is 35.0 Å². The van der Waals surface area contributed by atoms with E-state index in [9.17, 15) is 17.6 Å².